The van der Waals surface area contributed by atoms with E-state index in [9.17, 15) is 0 Å². The standard InChI is InChI=1S/C25H21ClN4OS/c1-2-31-19-13-11-18(12-14-19)30-24(21-15-27-23-10-6-4-8-20(21)23)28-29-25(30)32-16-17-7-3-5-9-22(17)26/h3-15,27H,2,16H2,1H3. The number of hydrogen-bond acceptors (Lipinski definition) is 4. The molecular weight excluding hydrogens is 440 g/mol. The molecule has 0 aliphatic heterocycles. The van der Waals surface area contributed by atoms with Crippen molar-refractivity contribution in [1.82, 2.24) is 19.7 Å². The average molecular weight is 461 g/mol. The Morgan fingerprint density at radius 3 is 2.56 bits per heavy atom. The summed E-state index contributed by atoms with van der Waals surface area (Å²) in [4.78, 5) is 3.34. The van der Waals surface area contributed by atoms with Crippen molar-refractivity contribution in [3.63, 3.8) is 0 Å². The van der Waals surface area contributed by atoms with Crippen LogP contribution in [0.5, 0.6) is 5.75 Å². The third-order valence-electron chi connectivity index (χ3n) is 5.18. The monoisotopic (exact) mass is 460 g/mol. The first-order valence-electron chi connectivity index (χ1n) is 10.4. The van der Waals surface area contributed by atoms with Gasteiger partial charge in [0.1, 0.15) is 5.75 Å². The molecule has 0 aliphatic rings. The maximum atomic E-state index is 6.37. The summed E-state index contributed by atoms with van der Waals surface area (Å²) in [7, 11) is 0. The Balaban J connectivity index is 1.58. The predicted octanol–water partition coefficient (Wildman–Crippen LogP) is 6.76. The molecule has 5 aromatic rings. The van der Waals surface area contributed by atoms with Crippen LogP contribution in [0.25, 0.3) is 28.0 Å². The van der Waals surface area contributed by atoms with E-state index in [4.69, 9.17) is 16.3 Å². The minimum atomic E-state index is 0.630. The van der Waals surface area contributed by atoms with Gasteiger partial charge in [0.2, 0.25) is 0 Å². The first kappa shape index (κ1) is 20.7. The quantitative estimate of drug-likeness (QED) is 0.272. The fourth-order valence-corrected chi connectivity index (χ4v) is 4.88. The molecular formula is C25H21ClN4OS. The SMILES string of the molecule is CCOc1ccc(-n2c(SCc3ccccc3Cl)nnc2-c2c[nH]c3ccccc23)cc1. The molecule has 32 heavy (non-hydrogen) atoms. The zero-order chi connectivity index (χ0) is 21.9. The summed E-state index contributed by atoms with van der Waals surface area (Å²) in [5.41, 5.74) is 4.11. The van der Waals surface area contributed by atoms with Gasteiger partial charge < -0.3 is 9.72 Å². The number of rotatable bonds is 7. The normalized spacial score (nSPS) is 11.2. The molecule has 160 valence electrons. The van der Waals surface area contributed by atoms with Crippen LogP contribution >= 0.6 is 23.4 Å². The number of hydrogen-bond donors (Lipinski definition) is 1. The van der Waals surface area contributed by atoms with Crippen molar-refractivity contribution < 1.29 is 4.74 Å². The van der Waals surface area contributed by atoms with E-state index in [-0.39, 0.29) is 0 Å². The lowest BCUT2D eigenvalue weighted by Gasteiger charge is -2.11. The number of nitrogens with one attached hydrogen (secondary N) is 1. The van der Waals surface area contributed by atoms with Gasteiger partial charge in [0.15, 0.2) is 11.0 Å². The second-order valence-corrected chi connectivity index (χ2v) is 8.55. The van der Waals surface area contributed by atoms with Crippen LogP contribution in [0.3, 0.4) is 0 Å². The van der Waals surface area contributed by atoms with Gasteiger partial charge in [-0.2, -0.15) is 0 Å². The lowest BCUT2D eigenvalue weighted by atomic mass is 10.1. The van der Waals surface area contributed by atoms with Crippen molar-refractivity contribution >= 4 is 34.3 Å². The van der Waals surface area contributed by atoms with Gasteiger partial charge in [-0.25, -0.2) is 0 Å². The van der Waals surface area contributed by atoms with Crippen molar-refractivity contribution in [3.8, 4) is 22.8 Å². The average Bonchev–Trinajstić information content (AvgIpc) is 3.43. The Morgan fingerprint density at radius 2 is 1.75 bits per heavy atom. The number of aromatic nitrogens is 4. The molecule has 0 amide bonds. The third kappa shape index (κ3) is 3.99. The van der Waals surface area contributed by atoms with Crippen LogP contribution < -0.4 is 4.74 Å². The summed E-state index contributed by atoms with van der Waals surface area (Å²) in [5.74, 6) is 2.32. The van der Waals surface area contributed by atoms with E-state index in [1.807, 2.05) is 73.8 Å². The second kappa shape index (κ2) is 9.10. The molecule has 2 heterocycles. The van der Waals surface area contributed by atoms with E-state index in [2.05, 4.69) is 31.9 Å². The van der Waals surface area contributed by atoms with Crippen molar-refractivity contribution in [2.24, 2.45) is 0 Å². The molecule has 0 unspecified atom stereocenters. The van der Waals surface area contributed by atoms with E-state index in [0.717, 1.165) is 49.5 Å². The largest absolute Gasteiger partial charge is 0.494 e. The van der Waals surface area contributed by atoms with Crippen LogP contribution in [0.4, 0.5) is 0 Å². The molecule has 0 atom stereocenters. The van der Waals surface area contributed by atoms with Gasteiger partial charge in [-0.3, -0.25) is 4.57 Å². The lowest BCUT2D eigenvalue weighted by Crippen LogP contribution is -2.00. The minimum Gasteiger partial charge on any atom is -0.494 e. The Labute approximate surface area is 195 Å². The number of H-pyrrole nitrogens is 1. The zero-order valence-corrected chi connectivity index (χ0v) is 19.0. The summed E-state index contributed by atoms with van der Waals surface area (Å²) in [6.45, 7) is 2.61. The van der Waals surface area contributed by atoms with E-state index in [0.29, 0.717) is 12.4 Å². The van der Waals surface area contributed by atoms with Crippen LogP contribution in [0.15, 0.2) is 84.1 Å². The molecule has 3 aromatic carbocycles. The molecule has 0 fully saturated rings. The van der Waals surface area contributed by atoms with Gasteiger partial charge in [0.05, 0.1) is 6.61 Å². The second-order valence-electron chi connectivity index (χ2n) is 7.20. The number of fused-ring (bicyclic) bond motifs is 1. The van der Waals surface area contributed by atoms with Gasteiger partial charge in [0.25, 0.3) is 0 Å². The van der Waals surface area contributed by atoms with Crippen molar-refractivity contribution in [2.45, 2.75) is 17.8 Å². The summed E-state index contributed by atoms with van der Waals surface area (Å²) in [6, 6.07) is 24.1. The number of halogens is 1. The summed E-state index contributed by atoms with van der Waals surface area (Å²) >= 11 is 7.98. The van der Waals surface area contributed by atoms with Crippen LogP contribution in [-0.4, -0.2) is 26.4 Å². The van der Waals surface area contributed by atoms with E-state index in [1.165, 1.54) is 0 Å². The number of thioether (sulfide) groups is 1. The Kier molecular flexibility index (Phi) is 5.88. The Morgan fingerprint density at radius 1 is 0.969 bits per heavy atom. The van der Waals surface area contributed by atoms with E-state index in [1.54, 1.807) is 11.8 Å². The van der Waals surface area contributed by atoms with Crippen molar-refractivity contribution in [1.29, 1.82) is 0 Å². The molecule has 2 aromatic heterocycles. The van der Waals surface area contributed by atoms with Crippen LogP contribution in [0, 0.1) is 0 Å². The first-order chi connectivity index (χ1) is 15.7. The molecule has 0 saturated carbocycles. The fraction of sp³-hybridized carbons (Fsp3) is 0.120. The number of nitrogens with zero attached hydrogens (tertiary/aromatic N) is 3. The summed E-state index contributed by atoms with van der Waals surface area (Å²) in [6.07, 6.45) is 1.99. The predicted molar refractivity (Wildman–Crippen MR) is 131 cm³/mol. The maximum absolute atomic E-state index is 6.37. The number of para-hydroxylation sites is 1. The molecule has 0 spiro atoms. The molecule has 5 rings (SSSR count). The van der Waals surface area contributed by atoms with Crippen molar-refractivity contribution in [3.05, 3.63) is 89.6 Å². The molecule has 7 heteroatoms. The topological polar surface area (TPSA) is 55.7 Å². The highest BCUT2D eigenvalue weighted by Gasteiger charge is 2.19. The van der Waals surface area contributed by atoms with E-state index < -0.39 is 0 Å². The van der Waals surface area contributed by atoms with Gasteiger partial charge in [-0.15, -0.1) is 10.2 Å². The molecule has 0 saturated heterocycles. The molecule has 0 radical (unpaired) electrons. The first-order valence-corrected chi connectivity index (χ1v) is 11.7. The van der Waals surface area contributed by atoms with Gasteiger partial charge in [0, 0.05) is 39.1 Å². The minimum absolute atomic E-state index is 0.630. The van der Waals surface area contributed by atoms with Crippen LogP contribution in [-0.2, 0) is 5.75 Å². The van der Waals surface area contributed by atoms with Crippen LogP contribution in [0.1, 0.15) is 12.5 Å². The molecule has 5 nitrogen and oxygen atoms in total. The number of benzene rings is 3. The van der Waals surface area contributed by atoms with Crippen LogP contribution in [0.2, 0.25) is 5.02 Å². The van der Waals surface area contributed by atoms with Crippen molar-refractivity contribution in [2.75, 3.05) is 6.61 Å². The summed E-state index contributed by atoms with van der Waals surface area (Å²) in [5, 5.41) is 11.8. The van der Waals surface area contributed by atoms with Gasteiger partial charge in [-0.1, -0.05) is 59.8 Å². The van der Waals surface area contributed by atoms with Gasteiger partial charge >= 0.3 is 0 Å². The maximum Gasteiger partial charge on any atom is 0.196 e. The fourth-order valence-electron chi connectivity index (χ4n) is 3.64. The highest BCUT2D eigenvalue weighted by Crippen LogP contribution is 2.34. The Hall–Kier alpha value is -3.22. The Bertz CT molecular complexity index is 1360. The smallest absolute Gasteiger partial charge is 0.196 e. The van der Waals surface area contributed by atoms with E-state index >= 15 is 0 Å². The highest BCUT2D eigenvalue weighted by atomic mass is 35.5. The zero-order valence-electron chi connectivity index (χ0n) is 17.5. The number of aromatic amines is 1. The van der Waals surface area contributed by atoms with Gasteiger partial charge in [-0.05, 0) is 48.9 Å². The molecule has 1 N–H and O–H groups in total. The molecule has 0 bridgehead atoms. The summed E-state index contributed by atoms with van der Waals surface area (Å²) < 4.78 is 7.71. The number of ether oxygens (including phenoxy) is 1. The third-order valence-corrected chi connectivity index (χ3v) is 6.53. The molecule has 0 aliphatic carbocycles. The highest BCUT2D eigenvalue weighted by molar-refractivity contribution is 7.98. The lowest BCUT2D eigenvalue weighted by molar-refractivity contribution is 0.340.